The van der Waals surface area contributed by atoms with Crippen LogP contribution < -0.4 is 9.80 Å². The number of para-hydroxylation sites is 2. The van der Waals surface area contributed by atoms with Gasteiger partial charge in [-0.25, -0.2) is 18.6 Å². The molecule has 0 bridgehead atoms. The van der Waals surface area contributed by atoms with Crippen molar-refractivity contribution in [3.8, 4) is 5.95 Å². The predicted octanol–water partition coefficient (Wildman–Crippen LogP) is 2.57. The fourth-order valence-electron chi connectivity index (χ4n) is 4.71. The zero-order valence-electron chi connectivity index (χ0n) is 21.4. The van der Waals surface area contributed by atoms with Crippen LogP contribution in [0.3, 0.4) is 0 Å². The van der Waals surface area contributed by atoms with Crippen molar-refractivity contribution < 1.29 is 18.3 Å². The fourth-order valence-corrected chi connectivity index (χ4v) is 4.71. The number of hydrogen-bond acceptors (Lipinski definition) is 8. The first-order chi connectivity index (χ1) is 17.7. The largest absolute Gasteiger partial charge is 0.375 e. The van der Waals surface area contributed by atoms with E-state index in [0.717, 1.165) is 0 Å². The van der Waals surface area contributed by atoms with Crippen molar-refractivity contribution in [3.63, 3.8) is 0 Å². The van der Waals surface area contributed by atoms with Crippen LogP contribution in [0.2, 0.25) is 0 Å². The Balaban J connectivity index is 1.59. The van der Waals surface area contributed by atoms with E-state index >= 15 is 0 Å². The van der Waals surface area contributed by atoms with Crippen LogP contribution in [-0.2, 0) is 4.74 Å². The van der Waals surface area contributed by atoms with Gasteiger partial charge >= 0.3 is 6.03 Å². The number of nitrogens with zero attached hydrogens (tertiary/aromatic N) is 9. The average Bonchev–Trinajstić information content (AvgIpc) is 3.30. The van der Waals surface area contributed by atoms with Crippen LogP contribution in [-0.4, -0.2) is 106 Å². The van der Waals surface area contributed by atoms with E-state index in [-0.39, 0.29) is 24.1 Å². The first kappa shape index (κ1) is 25.1. The number of rotatable bonds is 4. The summed E-state index contributed by atoms with van der Waals surface area (Å²) < 4.78 is 35.3. The highest BCUT2D eigenvalue weighted by atomic mass is 19.3. The number of anilines is 2. The number of aromatic nitrogens is 5. The monoisotopic (exact) mass is 515 g/mol. The molecule has 2 aromatic heterocycles. The third kappa shape index (κ3) is 4.75. The van der Waals surface area contributed by atoms with Crippen molar-refractivity contribution >= 4 is 29.0 Å². The molecule has 0 N–H and O–H groups in total. The number of piperazine rings is 1. The number of morpholine rings is 1. The maximum absolute atomic E-state index is 14.1. The molecule has 2 amide bonds. The molecule has 2 fully saturated rings. The van der Waals surface area contributed by atoms with Crippen LogP contribution in [0, 0.1) is 0 Å². The van der Waals surface area contributed by atoms with Crippen LogP contribution in [0.1, 0.15) is 26.1 Å². The van der Waals surface area contributed by atoms with Gasteiger partial charge in [0.15, 0.2) is 5.82 Å². The lowest BCUT2D eigenvalue weighted by Crippen LogP contribution is -2.52. The number of fused-ring (bicyclic) bond motifs is 1. The highest BCUT2D eigenvalue weighted by molar-refractivity contribution is 5.78. The summed E-state index contributed by atoms with van der Waals surface area (Å²) >= 11 is 0. The van der Waals surface area contributed by atoms with E-state index in [2.05, 4.69) is 15.0 Å². The van der Waals surface area contributed by atoms with Gasteiger partial charge in [0.1, 0.15) is 0 Å². The van der Waals surface area contributed by atoms with E-state index in [0.29, 0.717) is 62.3 Å². The maximum Gasteiger partial charge on any atom is 0.319 e. The summed E-state index contributed by atoms with van der Waals surface area (Å²) in [5.41, 5.74) is 0.927. The predicted molar refractivity (Wildman–Crippen MR) is 135 cm³/mol. The molecule has 198 valence electrons. The summed E-state index contributed by atoms with van der Waals surface area (Å²) in [6, 6.07) is 6.85. The second-order valence-electron chi connectivity index (χ2n) is 9.49. The molecule has 0 spiro atoms. The van der Waals surface area contributed by atoms with Gasteiger partial charge in [-0.15, -0.1) is 0 Å². The fraction of sp³-hybridized carbons (Fsp3) is 0.542. The third-order valence-electron chi connectivity index (χ3n) is 6.94. The van der Waals surface area contributed by atoms with Crippen molar-refractivity contribution in [3.05, 3.63) is 30.1 Å². The second kappa shape index (κ2) is 10.0. The Kier molecular flexibility index (Phi) is 6.80. The number of halogens is 2. The molecule has 13 heteroatoms. The molecule has 3 aromatic rings. The molecule has 2 aliphatic heterocycles. The molecule has 5 rings (SSSR count). The molecule has 37 heavy (non-hydrogen) atoms. The Morgan fingerprint density at radius 3 is 2.35 bits per heavy atom. The molecule has 4 heterocycles. The SMILES string of the molecule is C[C@@H]1OCCN(c2nc(N3CCN(C(=O)N(C)C)CC3)nc(-n3c(C(F)F)nc4ccccc43)n2)[C@@H]1C. The molecule has 1 aromatic carbocycles. The first-order valence-electron chi connectivity index (χ1n) is 12.4. The van der Waals surface area contributed by atoms with Crippen LogP contribution in [0.5, 0.6) is 0 Å². The Morgan fingerprint density at radius 2 is 1.65 bits per heavy atom. The van der Waals surface area contributed by atoms with Crippen LogP contribution in [0.4, 0.5) is 25.5 Å². The molecule has 2 aliphatic rings. The van der Waals surface area contributed by atoms with E-state index in [1.54, 1.807) is 48.2 Å². The topological polar surface area (TPSA) is 95.8 Å². The van der Waals surface area contributed by atoms with Gasteiger partial charge in [-0.2, -0.15) is 15.0 Å². The maximum atomic E-state index is 14.1. The van der Waals surface area contributed by atoms with Gasteiger partial charge in [0.05, 0.1) is 29.8 Å². The van der Waals surface area contributed by atoms with Crippen molar-refractivity contribution in [2.45, 2.75) is 32.4 Å². The highest BCUT2D eigenvalue weighted by Crippen LogP contribution is 2.29. The second-order valence-corrected chi connectivity index (χ2v) is 9.49. The lowest BCUT2D eigenvalue weighted by molar-refractivity contribution is 0.0277. The van der Waals surface area contributed by atoms with Crippen LogP contribution >= 0.6 is 0 Å². The van der Waals surface area contributed by atoms with Gasteiger partial charge in [0.25, 0.3) is 6.43 Å². The number of imidazole rings is 1. The molecule has 0 saturated carbocycles. The highest BCUT2D eigenvalue weighted by Gasteiger charge is 2.31. The number of alkyl halides is 2. The molecule has 2 saturated heterocycles. The number of urea groups is 1. The summed E-state index contributed by atoms with van der Waals surface area (Å²) in [5, 5.41) is 0. The van der Waals surface area contributed by atoms with E-state index in [4.69, 9.17) is 9.72 Å². The van der Waals surface area contributed by atoms with E-state index in [1.807, 2.05) is 23.6 Å². The molecule has 2 atom stereocenters. The van der Waals surface area contributed by atoms with E-state index < -0.39 is 12.2 Å². The zero-order chi connectivity index (χ0) is 26.3. The van der Waals surface area contributed by atoms with Crippen molar-refractivity contribution in [1.82, 2.24) is 34.3 Å². The molecular formula is C24H31F2N9O2. The smallest absolute Gasteiger partial charge is 0.319 e. The lowest BCUT2D eigenvalue weighted by Gasteiger charge is -2.39. The van der Waals surface area contributed by atoms with Gasteiger partial charge in [0, 0.05) is 46.8 Å². The van der Waals surface area contributed by atoms with E-state index in [1.165, 1.54) is 4.57 Å². The minimum Gasteiger partial charge on any atom is -0.375 e. The molecule has 0 unspecified atom stereocenters. The van der Waals surface area contributed by atoms with Gasteiger partial charge in [-0.3, -0.25) is 4.57 Å². The summed E-state index contributed by atoms with van der Waals surface area (Å²) in [6.45, 7) is 7.07. The first-order valence-corrected chi connectivity index (χ1v) is 12.4. The number of carbonyl (C=O) groups is 1. The Bertz CT molecular complexity index is 1280. The number of carbonyl (C=O) groups excluding carboxylic acids is 1. The Morgan fingerprint density at radius 1 is 0.973 bits per heavy atom. The quantitative estimate of drug-likeness (QED) is 0.523. The molecule has 11 nitrogen and oxygen atoms in total. The van der Waals surface area contributed by atoms with Gasteiger partial charge < -0.3 is 24.3 Å². The van der Waals surface area contributed by atoms with Gasteiger partial charge in [-0.1, -0.05) is 12.1 Å². The van der Waals surface area contributed by atoms with E-state index in [9.17, 15) is 13.6 Å². The summed E-state index contributed by atoms with van der Waals surface area (Å²) in [4.78, 5) is 38.0. The minimum absolute atomic E-state index is 0.0273. The van der Waals surface area contributed by atoms with Gasteiger partial charge in [-0.05, 0) is 26.0 Å². The Hall–Kier alpha value is -3.61. The minimum atomic E-state index is -2.82. The molecular weight excluding hydrogens is 484 g/mol. The normalized spacial score (nSPS) is 20.7. The van der Waals surface area contributed by atoms with Crippen molar-refractivity contribution in [2.75, 3.05) is 63.2 Å². The summed E-state index contributed by atoms with van der Waals surface area (Å²) in [7, 11) is 3.44. The summed E-state index contributed by atoms with van der Waals surface area (Å²) in [5.74, 6) is 0.435. The van der Waals surface area contributed by atoms with Crippen molar-refractivity contribution in [2.24, 2.45) is 0 Å². The Labute approximate surface area is 213 Å². The number of benzene rings is 1. The van der Waals surface area contributed by atoms with Crippen molar-refractivity contribution in [1.29, 1.82) is 0 Å². The zero-order valence-corrected chi connectivity index (χ0v) is 21.4. The van der Waals surface area contributed by atoms with Crippen LogP contribution in [0.15, 0.2) is 24.3 Å². The molecule has 0 radical (unpaired) electrons. The average molecular weight is 516 g/mol. The molecule has 0 aliphatic carbocycles. The summed E-state index contributed by atoms with van der Waals surface area (Å²) in [6.07, 6.45) is -2.87. The third-order valence-corrected chi connectivity index (χ3v) is 6.94. The van der Waals surface area contributed by atoms with Crippen LogP contribution in [0.25, 0.3) is 17.0 Å². The number of hydrogen-bond donors (Lipinski definition) is 0. The van der Waals surface area contributed by atoms with Gasteiger partial charge in [0.2, 0.25) is 17.8 Å². The lowest BCUT2D eigenvalue weighted by atomic mass is 10.1. The number of ether oxygens (including phenoxy) is 1. The standard InChI is InChI=1S/C24H31F2N9O2/c1-15-16(2)37-14-13-34(15)22-28-21(32-9-11-33(12-10-32)24(36)31(3)4)29-23(30-22)35-18-8-6-5-7-17(18)27-20(35)19(25)26/h5-8,15-16,19H,9-14H2,1-4H3/t15-,16+/m1/s1. The number of amides is 2.